The van der Waals surface area contributed by atoms with Crippen LogP contribution in [-0.2, 0) is 4.79 Å². The Morgan fingerprint density at radius 1 is 1.31 bits per heavy atom. The van der Waals surface area contributed by atoms with Crippen LogP contribution >= 0.6 is 11.3 Å². The quantitative estimate of drug-likeness (QED) is 0.739. The largest absolute Gasteiger partial charge is 0.495 e. The Morgan fingerprint density at radius 3 is 2.92 bits per heavy atom. The molecule has 0 aliphatic carbocycles. The first-order valence-corrected chi connectivity index (χ1v) is 9.20. The third kappa shape index (κ3) is 2.82. The molecule has 7 nitrogen and oxygen atoms in total. The van der Waals surface area contributed by atoms with Gasteiger partial charge in [0.15, 0.2) is 0 Å². The van der Waals surface area contributed by atoms with Crippen LogP contribution in [0.2, 0.25) is 0 Å². The molecule has 1 aliphatic rings. The minimum Gasteiger partial charge on any atom is -0.495 e. The number of amides is 1. The van der Waals surface area contributed by atoms with E-state index in [1.807, 2.05) is 48.7 Å². The van der Waals surface area contributed by atoms with Gasteiger partial charge in [-0.3, -0.25) is 4.79 Å². The molecule has 0 saturated carbocycles. The number of aromatic nitrogens is 3. The van der Waals surface area contributed by atoms with Crippen molar-refractivity contribution >= 4 is 28.9 Å². The summed E-state index contributed by atoms with van der Waals surface area (Å²) < 4.78 is 7.14. The topological polar surface area (TPSA) is 81.1 Å². The van der Waals surface area contributed by atoms with Crippen LogP contribution in [0.1, 0.15) is 17.8 Å². The zero-order valence-corrected chi connectivity index (χ0v) is 15.2. The SMILES string of the molecule is COc1ccccc1NC(=O)C1C(C)Nc2ncnn2C1c1cccs1. The lowest BCUT2D eigenvalue weighted by Crippen LogP contribution is -2.46. The lowest BCUT2D eigenvalue weighted by Gasteiger charge is -2.36. The van der Waals surface area contributed by atoms with Gasteiger partial charge in [0.05, 0.1) is 18.7 Å². The maximum Gasteiger partial charge on any atom is 0.232 e. The molecular formula is C18H19N5O2S. The van der Waals surface area contributed by atoms with Crippen LogP contribution in [0, 0.1) is 5.92 Å². The predicted octanol–water partition coefficient (Wildman–Crippen LogP) is 3.01. The fourth-order valence-corrected chi connectivity index (χ4v) is 4.22. The van der Waals surface area contributed by atoms with Gasteiger partial charge in [0, 0.05) is 10.9 Å². The summed E-state index contributed by atoms with van der Waals surface area (Å²) in [5.41, 5.74) is 0.654. The van der Waals surface area contributed by atoms with Crippen molar-refractivity contribution in [1.82, 2.24) is 14.8 Å². The van der Waals surface area contributed by atoms with E-state index in [-0.39, 0.29) is 23.9 Å². The van der Waals surface area contributed by atoms with Crippen LogP contribution in [0.25, 0.3) is 0 Å². The summed E-state index contributed by atoms with van der Waals surface area (Å²) in [5, 5.41) is 12.6. The van der Waals surface area contributed by atoms with Crippen LogP contribution in [-0.4, -0.2) is 33.8 Å². The molecule has 134 valence electrons. The number of hydrogen-bond donors (Lipinski definition) is 2. The van der Waals surface area contributed by atoms with Crippen molar-refractivity contribution in [2.45, 2.75) is 19.0 Å². The second-order valence-electron chi connectivity index (χ2n) is 6.14. The molecule has 3 aromatic rings. The number of anilines is 2. The van der Waals surface area contributed by atoms with Crippen molar-refractivity contribution in [2.24, 2.45) is 5.92 Å². The van der Waals surface area contributed by atoms with E-state index in [1.54, 1.807) is 23.1 Å². The molecule has 3 heterocycles. The van der Waals surface area contributed by atoms with Crippen molar-refractivity contribution < 1.29 is 9.53 Å². The first kappa shape index (κ1) is 16.6. The highest BCUT2D eigenvalue weighted by Gasteiger charge is 2.42. The highest BCUT2D eigenvalue weighted by Crippen LogP contribution is 2.38. The number of carbonyl (C=O) groups is 1. The molecule has 2 N–H and O–H groups in total. The van der Waals surface area contributed by atoms with Gasteiger partial charge < -0.3 is 15.4 Å². The van der Waals surface area contributed by atoms with Gasteiger partial charge in [-0.15, -0.1) is 11.3 Å². The first-order valence-electron chi connectivity index (χ1n) is 8.32. The van der Waals surface area contributed by atoms with E-state index in [4.69, 9.17) is 4.74 Å². The zero-order chi connectivity index (χ0) is 18.1. The Balaban J connectivity index is 1.70. The van der Waals surface area contributed by atoms with Crippen LogP contribution in [0.3, 0.4) is 0 Å². The summed E-state index contributed by atoms with van der Waals surface area (Å²) in [5.74, 6) is 0.866. The number of benzene rings is 1. The molecule has 1 amide bonds. The van der Waals surface area contributed by atoms with Crippen LogP contribution in [0.15, 0.2) is 48.1 Å². The third-order valence-electron chi connectivity index (χ3n) is 4.57. The molecule has 0 spiro atoms. The Bertz CT molecular complexity index is 908. The average Bonchev–Trinajstić information content (AvgIpc) is 3.32. The standard InChI is InChI=1S/C18H19N5O2S/c1-11-15(17(24)22-12-6-3-4-7-13(12)25-2)16(14-8-5-9-26-14)23-18(21-11)19-10-20-23/h3-11,15-16H,1-2H3,(H,22,24)(H,19,20,21). The van der Waals surface area contributed by atoms with Gasteiger partial charge in [-0.25, -0.2) is 4.68 Å². The molecule has 0 saturated heterocycles. The summed E-state index contributed by atoms with van der Waals surface area (Å²) in [6.45, 7) is 1.99. The summed E-state index contributed by atoms with van der Waals surface area (Å²) in [4.78, 5) is 18.6. The average molecular weight is 369 g/mol. The Labute approximate surface area is 155 Å². The highest BCUT2D eigenvalue weighted by atomic mass is 32.1. The molecule has 3 unspecified atom stereocenters. The van der Waals surface area contributed by atoms with E-state index in [1.165, 1.54) is 6.33 Å². The summed E-state index contributed by atoms with van der Waals surface area (Å²) in [6.07, 6.45) is 1.51. The smallest absolute Gasteiger partial charge is 0.232 e. The van der Waals surface area contributed by atoms with E-state index in [0.29, 0.717) is 17.4 Å². The van der Waals surface area contributed by atoms with Crippen molar-refractivity contribution in [2.75, 3.05) is 17.7 Å². The summed E-state index contributed by atoms with van der Waals surface area (Å²) >= 11 is 1.61. The van der Waals surface area contributed by atoms with Gasteiger partial charge in [0.1, 0.15) is 18.1 Å². The van der Waals surface area contributed by atoms with Gasteiger partial charge in [0.25, 0.3) is 0 Å². The minimum absolute atomic E-state index is 0.0888. The first-order chi connectivity index (χ1) is 12.7. The lowest BCUT2D eigenvalue weighted by atomic mass is 9.89. The Morgan fingerprint density at radius 2 is 2.15 bits per heavy atom. The van der Waals surface area contributed by atoms with Crippen molar-refractivity contribution in [3.05, 3.63) is 53.0 Å². The molecule has 1 aromatic carbocycles. The molecule has 1 aliphatic heterocycles. The Kier molecular flexibility index (Phi) is 4.34. The molecule has 2 aromatic heterocycles. The number of nitrogens with zero attached hydrogens (tertiary/aromatic N) is 3. The molecule has 0 bridgehead atoms. The van der Waals surface area contributed by atoms with Crippen molar-refractivity contribution in [3.63, 3.8) is 0 Å². The van der Waals surface area contributed by atoms with Crippen molar-refractivity contribution in [3.8, 4) is 5.75 Å². The molecular weight excluding hydrogens is 350 g/mol. The van der Waals surface area contributed by atoms with E-state index < -0.39 is 0 Å². The van der Waals surface area contributed by atoms with Crippen LogP contribution in [0.4, 0.5) is 11.6 Å². The monoisotopic (exact) mass is 369 g/mol. The van der Waals surface area contributed by atoms with Gasteiger partial charge in [-0.1, -0.05) is 18.2 Å². The number of methoxy groups -OCH3 is 1. The molecule has 0 radical (unpaired) electrons. The maximum atomic E-state index is 13.2. The van der Waals surface area contributed by atoms with E-state index in [9.17, 15) is 4.79 Å². The molecule has 4 rings (SSSR count). The van der Waals surface area contributed by atoms with Gasteiger partial charge >= 0.3 is 0 Å². The summed E-state index contributed by atoms with van der Waals surface area (Å²) in [6, 6.07) is 11.1. The number of nitrogens with one attached hydrogen (secondary N) is 2. The lowest BCUT2D eigenvalue weighted by molar-refractivity contribution is -0.121. The number of fused-ring (bicyclic) bond motifs is 1. The molecule has 0 fully saturated rings. The van der Waals surface area contributed by atoms with Crippen LogP contribution in [0.5, 0.6) is 5.75 Å². The maximum absolute atomic E-state index is 13.2. The number of rotatable bonds is 4. The number of para-hydroxylation sites is 2. The molecule has 3 atom stereocenters. The second kappa shape index (κ2) is 6.80. The Hall–Kier alpha value is -2.87. The predicted molar refractivity (Wildman–Crippen MR) is 101 cm³/mol. The number of carbonyl (C=O) groups excluding carboxylic acids is 1. The van der Waals surface area contributed by atoms with Gasteiger partial charge in [-0.05, 0) is 30.5 Å². The number of thiophene rings is 1. The third-order valence-corrected chi connectivity index (χ3v) is 5.52. The fourth-order valence-electron chi connectivity index (χ4n) is 3.37. The van der Waals surface area contributed by atoms with Gasteiger partial charge in [-0.2, -0.15) is 10.1 Å². The van der Waals surface area contributed by atoms with E-state index in [2.05, 4.69) is 20.7 Å². The van der Waals surface area contributed by atoms with Crippen molar-refractivity contribution in [1.29, 1.82) is 0 Å². The zero-order valence-electron chi connectivity index (χ0n) is 14.4. The molecule has 26 heavy (non-hydrogen) atoms. The number of hydrogen-bond acceptors (Lipinski definition) is 6. The fraction of sp³-hybridized carbons (Fsp3) is 0.278. The highest BCUT2D eigenvalue weighted by molar-refractivity contribution is 7.10. The normalized spacial score (nSPS) is 21.5. The van der Waals surface area contributed by atoms with E-state index >= 15 is 0 Å². The molecule has 8 heteroatoms. The number of ether oxygens (including phenoxy) is 1. The van der Waals surface area contributed by atoms with Crippen LogP contribution < -0.4 is 15.4 Å². The minimum atomic E-state index is -0.354. The second-order valence-corrected chi connectivity index (χ2v) is 7.12. The summed E-state index contributed by atoms with van der Waals surface area (Å²) in [7, 11) is 1.59. The van der Waals surface area contributed by atoms with E-state index in [0.717, 1.165) is 4.88 Å². The van der Waals surface area contributed by atoms with Gasteiger partial charge in [0.2, 0.25) is 11.9 Å².